The molecule has 0 bridgehead atoms. The van der Waals surface area contributed by atoms with Crippen molar-refractivity contribution in [3.05, 3.63) is 10.6 Å². The summed E-state index contributed by atoms with van der Waals surface area (Å²) < 4.78 is 5.53. The Hall–Kier alpha value is -1.05. The van der Waals surface area contributed by atoms with E-state index in [0.717, 1.165) is 12.8 Å². The van der Waals surface area contributed by atoms with E-state index in [0.29, 0.717) is 11.5 Å². The highest BCUT2D eigenvalue weighted by Gasteiger charge is 2.58. The third-order valence-electron chi connectivity index (χ3n) is 3.75. The van der Waals surface area contributed by atoms with Crippen LogP contribution in [0.3, 0.4) is 0 Å². The second-order valence-electron chi connectivity index (χ2n) is 5.00. The van der Waals surface area contributed by atoms with Crippen molar-refractivity contribution < 1.29 is 24.5 Å². The molecule has 6 nitrogen and oxygen atoms in total. The van der Waals surface area contributed by atoms with E-state index < -0.39 is 18.0 Å². The largest absolute Gasteiger partial charge is 0.477 e. The highest BCUT2D eigenvalue weighted by Crippen LogP contribution is 2.52. The minimum atomic E-state index is -1.10. The maximum Gasteiger partial charge on any atom is 0.353 e. The fourth-order valence-corrected chi connectivity index (χ4v) is 4.52. The van der Waals surface area contributed by atoms with Crippen molar-refractivity contribution in [1.29, 1.82) is 0 Å². The number of aliphatic hydroxyl groups is 1. The topological polar surface area (TPSA) is 87.1 Å². The summed E-state index contributed by atoms with van der Waals surface area (Å²) in [6.07, 6.45) is 0.706. The van der Waals surface area contributed by atoms with Gasteiger partial charge >= 0.3 is 5.97 Å². The molecule has 0 spiro atoms. The van der Waals surface area contributed by atoms with Crippen LogP contribution in [-0.2, 0) is 14.3 Å². The normalized spacial score (nSPS) is 35.4. The third kappa shape index (κ3) is 1.79. The van der Waals surface area contributed by atoms with Crippen LogP contribution in [0, 0.1) is 5.92 Å². The van der Waals surface area contributed by atoms with E-state index in [1.165, 1.54) is 16.7 Å². The molecule has 3 aliphatic heterocycles. The molecule has 3 aliphatic rings. The Kier molecular flexibility index (Phi) is 3.07. The first kappa shape index (κ1) is 13.0. The van der Waals surface area contributed by atoms with Crippen molar-refractivity contribution in [2.75, 3.05) is 6.61 Å². The Morgan fingerprint density at radius 3 is 2.84 bits per heavy atom. The summed E-state index contributed by atoms with van der Waals surface area (Å²) in [5, 5.41) is 18.6. The van der Waals surface area contributed by atoms with E-state index in [9.17, 15) is 19.8 Å². The summed E-state index contributed by atoms with van der Waals surface area (Å²) in [5.41, 5.74) is 0.0452. The molecule has 7 heteroatoms. The fourth-order valence-electron chi connectivity index (χ4n) is 2.82. The fraction of sp³-hybridized carbons (Fsp3) is 0.667. The van der Waals surface area contributed by atoms with Crippen LogP contribution in [0.1, 0.15) is 19.8 Å². The average molecular weight is 285 g/mol. The van der Waals surface area contributed by atoms with Crippen LogP contribution in [0.25, 0.3) is 0 Å². The predicted octanol–water partition coefficient (Wildman–Crippen LogP) is 0.374. The summed E-state index contributed by atoms with van der Waals surface area (Å²) in [6.45, 7) is 2.19. The van der Waals surface area contributed by atoms with Gasteiger partial charge in [0.15, 0.2) is 0 Å². The molecule has 0 aliphatic carbocycles. The predicted molar refractivity (Wildman–Crippen MR) is 67.0 cm³/mol. The number of thioether (sulfide) groups is 1. The van der Waals surface area contributed by atoms with E-state index in [-0.39, 0.29) is 23.1 Å². The van der Waals surface area contributed by atoms with Crippen molar-refractivity contribution in [3.63, 3.8) is 0 Å². The van der Waals surface area contributed by atoms with E-state index in [1.54, 1.807) is 6.92 Å². The van der Waals surface area contributed by atoms with Gasteiger partial charge in [0.05, 0.1) is 18.1 Å². The average Bonchev–Trinajstić information content (AvgIpc) is 2.92. The van der Waals surface area contributed by atoms with Crippen LogP contribution in [-0.4, -0.2) is 51.2 Å². The lowest BCUT2D eigenvalue weighted by atomic mass is 9.92. The van der Waals surface area contributed by atoms with Crippen molar-refractivity contribution in [2.45, 2.75) is 37.3 Å². The Balaban J connectivity index is 1.91. The zero-order valence-electron chi connectivity index (χ0n) is 10.4. The number of hydrogen-bond donors (Lipinski definition) is 2. The number of amides is 1. The van der Waals surface area contributed by atoms with Crippen LogP contribution in [0.2, 0.25) is 0 Å². The number of carboxylic acids is 1. The number of carbonyl (C=O) groups is 2. The number of ether oxygens (including phenoxy) is 1. The number of rotatable bonds is 3. The molecule has 0 radical (unpaired) electrons. The molecule has 0 aromatic rings. The van der Waals surface area contributed by atoms with E-state index in [4.69, 9.17) is 4.74 Å². The number of fused-ring (bicyclic) bond motifs is 1. The molecule has 2 N–H and O–H groups in total. The van der Waals surface area contributed by atoms with Gasteiger partial charge in [-0.1, -0.05) is 11.8 Å². The Labute approximate surface area is 114 Å². The van der Waals surface area contributed by atoms with Gasteiger partial charge in [-0.3, -0.25) is 9.69 Å². The van der Waals surface area contributed by atoms with Crippen molar-refractivity contribution in [2.24, 2.45) is 5.92 Å². The number of aliphatic hydroxyl groups excluding tert-OH is 1. The van der Waals surface area contributed by atoms with Gasteiger partial charge in [-0.2, -0.15) is 0 Å². The maximum atomic E-state index is 12.0. The van der Waals surface area contributed by atoms with Gasteiger partial charge in [-0.25, -0.2) is 4.79 Å². The zero-order valence-corrected chi connectivity index (χ0v) is 11.2. The van der Waals surface area contributed by atoms with Crippen molar-refractivity contribution in [1.82, 2.24) is 4.90 Å². The van der Waals surface area contributed by atoms with Gasteiger partial charge in [0, 0.05) is 11.5 Å². The van der Waals surface area contributed by atoms with Crippen LogP contribution in [0.5, 0.6) is 0 Å². The van der Waals surface area contributed by atoms with Crippen LogP contribution >= 0.6 is 11.8 Å². The summed E-state index contributed by atoms with van der Waals surface area (Å²) in [7, 11) is 0. The Morgan fingerprint density at radius 1 is 1.58 bits per heavy atom. The summed E-state index contributed by atoms with van der Waals surface area (Å²) >= 11 is 1.35. The number of carboxylic acid groups (broad SMARTS) is 1. The SMILES string of the molecule is C[C@H](O)[C@H]1C(=O)N2C(C(=O)O)=C([C@@H]3CCCO3)S[C@H]12. The van der Waals surface area contributed by atoms with Gasteiger partial charge in [0.1, 0.15) is 11.1 Å². The molecule has 3 rings (SSSR count). The van der Waals surface area contributed by atoms with Gasteiger partial charge in [0.2, 0.25) is 5.91 Å². The number of carbonyl (C=O) groups excluding carboxylic acids is 1. The second-order valence-corrected chi connectivity index (χ2v) is 6.16. The molecule has 3 heterocycles. The minimum absolute atomic E-state index is 0.0452. The minimum Gasteiger partial charge on any atom is -0.477 e. The molecule has 1 amide bonds. The standard InChI is InChI=1S/C12H15NO5S/c1-5(14)7-10(15)13-8(12(16)17)9(19-11(7)13)6-3-2-4-18-6/h5-7,11,14H,2-4H2,1H3,(H,16,17)/t5-,6-,7-,11+/m0/s1. The van der Waals surface area contributed by atoms with Gasteiger partial charge in [-0.15, -0.1) is 0 Å². The molecule has 2 saturated heterocycles. The van der Waals surface area contributed by atoms with E-state index in [1.807, 2.05) is 0 Å². The molecule has 104 valence electrons. The lowest BCUT2D eigenvalue weighted by molar-refractivity contribution is -0.156. The van der Waals surface area contributed by atoms with E-state index in [2.05, 4.69) is 0 Å². The van der Waals surface area contributed by atoms with Gasteiger partial charge < -0.3 is 14.9 Å². The number of nitrogens with zero attached hydrogens (tertiary/aromatic N) is 1. The lowest BCUT2D eigenvalue weighted by Gasteiger charge is -2.43. The number of β-lactam (4-membered cyclic amide) rings is 1. The maximum absolute atomic E-state index is 12.0. The molecule has 2 fully saturated rings. The first-order valence-corrected chi connectivity index (χ1v) is 7.17. The van der Waals surface area contributed by atoms with Gasteiger partial charge in [0.25, 0.3) is 0 Å². The summed E-state index contributed by atoms with van der Waals surface area (Å²) in [6, 6.07) is 0. The number of hydrogen-bond acceptors (Lipinski definition) is 5. The lowest BCUT2D eigenvalue weighted by Crippen LogP contribution is -2.60. The Morgan fingerprint density at radius 2 is 2.32 bits per heavy atom. The smallest absolute Gasteiger partial charge is 0.353 e. The van der Waals surface area contributed by atoms with Crippen molar-refractivity contribution >= 4 is 23.6 Å². The molecule has 0 aromatic heterocycles. The Bertz CT molecular complexity index is 469. The van der Waals surface area contributed by atoms with E-state index >= 15 is 0 Å². The summed E-state index contributed by atoms with van der Waals surface area (Å²) in [4.78, 5) is 25.3. The number of aliphatic carboxylic acids is 1. The third-order valence-corrected chi connectivity index (χ3v) is 5.21. The molecule has 0 aromatic carbocycles. The van der Waals surface area contributed by atoms with Crippen LogP contribution in [0.4, 0.5) is 0 Å². The van der Waals surface area contributed by atoms with Crippen LogP contribution < -0.4 is 0 Å². The molecule has 19 heavy (non-hydrogen) atoms. The molecule has 0 saturated carbocycles. The molecule has 0 unspecified atom stereocenters. The molecule has 4 atom stereocenters. The molecular weight excluding hydrogens is 270 g/mol. The quantitative estimate of drug-likeness (QED) is 0.729. The first-order valence-electron chi connectivity index (χ1n) is 6.29. The highest BCUT2D eigenvalue weighted by molar-refractivity contribution is 8.04. The molecular formula is C12H15NO5S. The first-order chi connectivity index (χ1) is 9.02. The van der Waals surface area contributed by atoms with Gasteiger partial charge in [-0.05, 0) is 19.8 Å². The summed E-state index contributed by atoms with van der Waals surface area (Å²) in [5.74, 6) is -1.92. The zero-order chi connectivity index (χ0) is 13.7. The monoisotopic (exact) mass is 285 g/mol. The van der Waals surface area contributed by atoms with Crippen molar-refractivity contribution in [3.8, 4) is 0 Å². The highest BCUT2D eigenvalue weighted by atomic mass is 32.2. The second kappa shape index (κ2) is 4.50. The van der Waals surface area contributed by atoms with Crippen LogP contribution in [0.15, 0.2) is 10.6 Å².